The minimum Gasteiger partial charge on any atom is -0.481 e. The van der Waals surface area contributed by atoms with Gasteiger partial charge in [0.05, 0.1) is 17.6 Å². The summed E-state index contributed by atoms with van der Waals surface area (Å²) in [5, 5.41) is 9.14. The molecule has 0 aromatic carbocycles. The molecule has 5 nitrogen and oxygen atoms in total. The summed E-state index contributed by atoms with van der Waals surface area (Å²) in [7, 11) is 0. The predicted octanol–water partition coefficient (Wildman–Crippen LogP) is 5.82. The van der Waals surface area contributed by atoms with Gasteiger partial charge in [0.15, 0.2) is 0 Å². The number of ether oxygens (including phenoxy) is 1. The van der Waals surface area contributed by atoms with Gasteiger partial charge in [-0.2, -0.15) is 0 Å². The fourth-order valence-corrected chi connectivity index (χ4v) is 5.29. The van der Waals surface area contributed by atoms with E-state index in [0.29, 0.717) is 5.41 Å². The predicted molar refractivity (Wildman–Crippen MR) is 112 cm³/mol. The molecule has 2 aliphatic heterocycles. The lowest BCUT2D eigenvalue weighted by Crippen LogP contribution is -2.41. The molecule has 166 valence electrons. The number of rotatable bonds is 8. The lowest BCUT2D eigenvalue weighted by atomic mass is 9.70. The highest BCUT2D eigenvalue weighted by Crippen LogP contribution is 2.49. The van der Waals surface area contributed by atoms with Gasteiger partial charge in [-0.1, -0.05) is 25.0 Å². The number of epoxide rings is 1. The highest BCUT2D eigenvalue weighted by atomic mass is 17.2. The van der Waals surface area contributed by atoms with Gasteiger partial charge in [-0.25, -0.2) is 9.78 Å². The largest absolute Gasteiger partial charge is 0.481 e. The van der Waals surface area contributed by atoms with Crippen molar-refractivity contribution in [1.82, 2.24) is 0 Å². The van der Waals surface area contributed by atoms with E-state index in [2.05, 4.69) is 34.6 Å². The lowest BCUT2D eigenvalue weighted by molar-refractivity contribution is -0.411. The summed E-state index contributed by atoms with van der Waals surface area (Å²) < 4.78 is 6.13. The molecule has 0 radical (unpaired) electrons. The summed E-state index contributed by atoms with van der Waals surface area (Å²) in [5.41, 5.74) is 3.19. The highest BCUT2D eigenvalue weighted by molar-refractivity contribution is 5.70. The molecule has 2 saturated heterocycles. The Hall–Kier alpha value is -0.910. The first-order chi connectivity index (χ1) is 13.5. The third-order valence-corrected chi connectivity index (χ3v) is 7.81. The van der Waals surface area contributed by atoms with Gasteiger partial charge >= 0.3 is 5.97 Å². The fraction of sp³-hybridized carbons (Fsp3) is 0.875. The van der Waals surface area contributed by atoms with E-state index in [1.54, 1.807) is 18.1 Å². The molecule has 2 fully saturated rings. The van der Waals surface area contributed by atoms with Crippen LogP contribution >= 0.6 is 0 Å². The Morgan fingerprint density at radius 1 is 1.21 bits per heavy atom. The van der Waals surface area contributed by atoms with Gasteiger partial charge < -0.3 is 9.84 Å². The van der Waals surface area contributed by atoms with Gasteiger partial charge in [-0.15, -0.1) is 0 Å². The molecule has 0 aromatic rings. The van der Waals surface area contributed by atoms with Crippen LogP contribution in [0.25, 0.3) is 0 Å². The molecule has 5 heteroatoms. The van der Waals surface area contributed by atoms with E-state index in [-0.39, 0.29) is 23.4 Å². The summed E-state index contributed by atoms with van der Waals surface area (Å²) in [6.45, 7) is 13.1. The summed E-state index contributed by atoms with van der Waals surface area (Å²) >= 11 is 0. The van der Waals surface area contributed by atoms with Gasteiger partial charge in [0, 0.05) is 0 Å². The Labute approximate surface area is 176 Å². The number of carboxylic acid groups (broad SMARTS) is 1. The van der Waals surface area contributed by atoms with E-state index >= 15 is 0 Å². The number of allylic oxidation sites excluding steroid dienone is 2. The molecule has 3 aliphatic rings. The minimum atomic E-state index is -0.837. The van der Waals surface area contributed by atoms with Gasteiger partial charge in [0.1, 0.15) is 11.7 Å². The van der Waals surface area contributed by atoms with E-state index in [9.17, 15) is 4.79 Å². The standard InChI is InChI=1S/C24H40O5/c1-16-8-7-12-22(3,4)18(16)9-15-24(6)20(27-24)11-14-23(5)13-10-19(28-29-23)17(2)21(25)26/h17,19-20H,7-15H2,1-6H3,(H,25,26). The monoisotopic (exact) mass is 408 g/mol. The first-order valence-electron chi connectivity index (χ1n) is 11.4. The van der Waals surface area contributed by atoms with Crippen molar-refractivity contribution in [2.75, 3.05) is 0 Å². The molecule has 2 heterocycles. The van der Waals surface area contributed by atoms with E-state index < -0.39 is 11.9 Å². The van der Waals surface area contributed by atoms with Crippen molar-refractivity contribution in [3.05, 3.63) is 11.1 Å². The molecule has 0 spiro atoms. The van der Waals surface area contributed by atoms with Crippen LogP contribution in [0.2, 0.25) is 0 Å². The molecule has 0 aromatic heterocycles. The molecule has 0 saturated carbocycles. The van der Waals surface area contributed by atoms with Crippen LogP contribution in [-0.2, 0) is 19.3 Å². The Balaban J connectivity index is 1.44. The fourth-order valence-electron chi connectivity index (χ4n) is 5.29. The van der Waals surface area contributed by atoms with Crippen LogP contribution in [0.3, 0.4) is 0 Å². The first-order valence-corrected chi connectivity index (χ1v) is 11.4. The Bertz CT molecular complexity index is 644. The van der Waals surface area contributed by atoms with Crippen molar-refractivity contribution in [3.8, 4) is 0 Å². The van der Waals surface area contributed by atoms with Crippen LogP contribution in [0, 0.1) is 11.3 Å². The second-order valence-corrected chi connectivity index (χ2v) is 10.8. The van der Waals surface area contributed by atoms with Gasteiger partial charge in [0.25, 0.3) is 0 Å². The number of hydrogen-bond donors (Lipinski definition) is 1. The summed E-state index contributed by atoms with van der Waals surface area (Å²) in [4.78, 5) is 22.3. The van der Waals surface area contributed by atoms with E-state index in [1.807, 2.05) is 0 Å². The average molecular weight is 409 g/mol. The molecule has 1 N–H and O–H groups in total. The summed E-state index contributed by atoms with van der Waals surface area (Å²) in [5.74, 6) is -1.38. The zero-order chi connectivity index (χ0) is 21.4. The summed E-state index contributed by atoms with van der Waals surface area (Å²) in [6, 6.07) is 0. The van der Waals surface area contributed by atoms with Crippen molar-refractivity contribution in [2.45, 2.75) is 123 Å². The number of carbonyl (C=O) groups is 1. The van der Waals surface area contributed by atoms with Gasteiger partial charge in [-0.05, 0) is 90.9 Å². The third-order valence-electron chi connectivity index (χ3n) is 7.81. The zero-order valence-electron chi connectivity index (χ0n) is 19.2. The highest BCUT2D eigenvalue weighted by Gasteiger charge is 2.52. The zero-order valence-corrected chi connectivity index (χ0v) is 19.2. The third kappa shape index (κ3) is 5.23. The first kappa shape index (κ1) is 22.8. The molecule has 0 bridgehead atoms. The Morgan fingerprint density at radius 2 is 1.93 bits per heavy atom. The molecular formula is C24H40O5. The molecule has 0 amide bonds. The maximum atomic E-state index is 11.1. The van der Waals surface area contributed by atoms with Crippen LogP contribution in [0.15, 0.2) is 11.1 Å². The van der Waals surface area contributed by atoms with E-state index in [0.717, 1.165) is 38.5 Å². The van der Waals surface area contributed by atoms with Gasteiger partial charge in [0.2, 0.25) is 0 Å². The van der Waals surface area contributed by atoms with E-state index in [4.69, 9.17) is 19.6 Å². The smallest absolute Gasteiger partial charge is 0.308 e. The van der Waals surface area contributed by atoms with Crippen LogP contribution in [0.5, 0.6) is 0 Å². The molecule has 3 rings (SSSR count). The molecule has 1 aliphatic carbocycles. The van der Waals surface area contributed by atoms with Gasteiger partial charge in [-0.3, -0.25) is 4.79 Å². The van der Waals surface area contributed by atoms with Crippen LogP contribution in [-0.4, -0.2) is 34.5 Å². The van der Waals surface area contributed by atoms with E-state index in [1.165, 1.54) is 19.3 Å². The van der Waals surface area contributed by atoms with Crippen molar-refractivity contribution in [2.24, 2.45) is 11.3 Å². The SMILES string of the molecule is CC1=C(CCC2(C)OC2CCC2(C)CCC(C(C)C(=O)O)OO2)C(C)(C)CCC1. The topological polar surface area (TPSA) is 68.3 Å². The molecule has 29 heavy (non-hydrogen) atoms. The Morgan fingerprint density at radius 3 is 2.52 bits per heavy atom. The van der Waals surface area contributed by atoms with Crippen molar-refractivity contribution in [1.29, 1.82) is 0 Å². The molecule has 5 unspecified atom stereocenters. The minimum absolute atomic E-state index is 0.0208. The number of aliphatic carboxylic acids is 1. The maximum absolute atomic E-state index is 11.1. The molecule has 5 atom stereocenters. The van der Waals surface area contributed by atoms with Crippen LogP contribution in [0.1, 0.15) is 99.3 Å². The average Bonchev–Trinajstić information content (AvgIpc) is 3.29. The van der Waals surface area contributed by atoms with Crippen molar-refractivity contribution >= 4 is 5.97 Å². The quantitative estimate of drug-likeness (QED) is 0.311. The van der Waals surface area contributed by atoms with Crippen molar-refractivity contribution < 1.29 is 24.4 Å². The van der Waals surface area contributed by atoms with Crippen LogP contribution in [0.4, 0.5) is 0 Å². The van der Waals surface area contributed by atoms with Crippen LogP contribution < -0.4 is 0 Å². The maximum Gasteiger partial charge on any atom is 0.308 e. The normalized spacial score (nSPS) is 38.0. The second kappa shape index (κ2) is 8.32. The summed E-state index contributed by atoms with van der Waals surface area (Å²) in [6.07, 6.45) is 9.35. The number of hydrogen-bond acceptors (Lipinski definition) is 4. The molecular weight excluding hydrogens is 368 g/mol. The second-order valence-electron chi connectivity index (χ2n) is 10.8. The van der Waals surface area contributed by atoms with Crippen molar-refractivity contribution in [3.63, 3.8) is 0 Å². The Kier molecular flexibility index (Phi) is 6.53. The lowest BCUT2D eigenvalue weighted by Gasteiger charge is -2.37. The number of carboxylic acids is 1.